The van der Waals surface area contributed by atoms with Gasteiger partial charge in [0.15, 0.2) is 11.4 Å². The number of hydrogen-bond donors (Lipinski definition) is 2. The summed E-state index contributed by atoms with van der Waals surface area (Å²) in [7, 11) is 0. The van der Waals surface area contributed by atoms with Gasteiger partial charge in [-0.05, 0) is 44.9 Å². The van der Waals surface area contributed by atoms with E-state index < -0.39 is 0 Å². The zero-order valence-electron chi connectivity index (χ0n) is 14.9. The van der Waals surface area contributed by atoms with E-state index in [9.17, 15) is 9.59 Å². The normalized spacial score (nSPS) is 19.4. The first kappa shape index (κ1) is 16.8. The van der Waals surface area contributed by atoms with Gasteiger partial charge in [-0.15, -0.1) is 0 Å². The number of fused-ring (bicyclic) bond motifs is 1. The van der Waals surface area contributed by atoms with Gasteiger partial charge in [0.25, 0.3) is 11.8 Å². The number of nitrogens with zero attached hydrogens (tertiary/aromatic N) is 3. The number of aromatic nitrogens is 3. The molecule has 26 heavy (non-hydrogen) atoms. The van der Waals surface area contributed by atoms with E-state index in [1.807, 2.05) is 4.90 Å². The number of piperidine rings is 1. The fourth-order valence-corrected chi connectivity index (χ4v) is 3.86. The van der Waals surface area contributed by atoms with E-state index in [2.05, 4.69) is 20.7 Å². The molecule has 1 atom stereocenters. The second kappa shape index (κ2) is 6.93. The molecule has 3 heterocycles. The highest BCUT2D eigenvalue weighted by Gasteiger charge is 2.30. The van der Waals surface area contributed by atoms with Crippen LogP contribution in [-0.2, 0) is 12.8 Å². The zero-order chi connectivity index (χ0) is 18.1. The molecule has 0 radical (unpaired) electrons. The Labute approximate surface area is 151 Å². The van der Waals surface area contributed by atoms with Crippen molar-refractivity contribution in [3.05, 3.63) is 34.5 Å². The number of hydrogen-bond acceptors (Lipinski definition) is 5. The van der Waals surface area contributed by atoms with Crippen LogP contribution in [0.3, 0.4) is 0 Å². The number of amides is 2. The molecular weight excluding hydrogens is 334 g/mol. The SMILES string of the molecule is Cc1cc(C(=O)NCC2CCCN(C(=O)c3n[nH]c4c3CCC4)C2)no1. The molecule has 1 aliphatic heterocycles. The highest BCUT2D eigenvalue weighted by atomic mass is 16.5. The molecule has 1 unspecified atom stereocenters. The van der Waals surface area contributed by atoms with Crippen LogP contribution in [0.1, 0.15) is 57.3 Å². The Morgan fingerprint density at radius 1 is 1.38 bits per heavy atom. The molecule has 8 nitrogen and oxygen atoms in total. The Balaban J connectivity index is 1.35. The highest BCUT2D eigenvalue weighted by Crippen LogP contribution is 2.25. The number of carbonyl (C=O) groups excluding carboxylic acids is 2. The molecule has 8 heteroatoms. The number of likely N-dealkylation sites (tertiary alicyclic amines) is 1. The average molecular weight is 357 g/mol. The fraction of sp³-hybridized carbons (Fsp3) is 0.556. The minimum Gasteiger partial charge on any atom is -0.361 e. The van der Waals surface area contributed by atoms with Gasteiger partial charge in [-0.2, -0.15) is 5.10 Å². The van der Waals surface area contributed by atoms with Crippen LogP contribution < -0.4 is 5.32 Å². The lowest BCUT2D eigenvalue weighted by molar-refractivity contribution is 0.0663. The molecule has 0 bridgehead atoms. The molecule has 2 aromatic heterocycles. The van der Waals surface area contributed by atoms with Crippen LogP contribution in [0.4, 0.5) is 0 Å². The predicted molar refractivity (Wildman–Crippen MR) is 92.8 cm³/mol. The molecule has 2 aliphatic rings. The summed E-state index contributed by atoms with van der Waals surface area (Å²) in [5.41, 5.74) is 3.07. The lowest BCUT2D eigenvalue weighted by Gasteiger charge is -2.32. The van der Waals surface area contributed by atoms with Gasteiger partial charge >= 0.3 is 0 Å². The summed E-state index contributed by atoms with van der Waals surface area (Å²) in [6.07, 6.45) is 4.91. The van der Waals surface area contributed by atoms with Gasteiger partial charge in [-0.3, -0.25) is 14.7 Å². The van der Waals surface area contributed by atoms with Crippen LogP contribution in [0.5, 0.6) is 0 Å². The van der Waals surface area contributed by atoms with Crippen molar-refractivity contribution in [2.24, 2.45) is 5.92 Å². The summed E-state index contributed by atoms with van der Waals surface area (Å²) in [5.74, 6) is 0.607. The Kier molecular flexibility index (Phi) is 4.48. The standard InChI is InChI=1S/C18H23N5O3/c1-11-8-15(22-26-11)17(24)19-9-12-4-3-7-23(10-12)18(25)16-13-5-2-6-14(13)20-21-16/h8,12H,2-7,9-10H2,1H3,(H,19,24)(H,20,21). The summed E-state index contributed by atoms with van der Waals surface area (Å²) in [5, 5.41) is 13.9. The van der Waals surface area contributed by atoms with Gasteiger partial charge in [0.1, 0.15) is 5.76 Å². The molecule has 4 rings (SSSR count). The summed E-state index contributed by atoms with van der Waals surface area (Å²) < 4.78 is 4.93. The van der Waals surface area contributed by atoms with E-state index in [0.29, 0.717) is 30.2 Å². The molecule has 0 aromatic carbocycles. The van der Waals surface area contributed by atoms with Crippen molar-refractivity contribution < 1.29 is 14.1 Å². The smallest absolute Gasteiger partial charge is 0.274 e. The van der Waals surface area contributed by atoms with Crippen molar-refractivity contribution in [3.63, 3.8) is 0 Å². The Hall–Kier alpha value is -2.64. The fourth-order valence-electron chi connectivity index (χ4n) is 3.86. The van der Waals surface area contributed by atoms with E-state index in [4.69, 9.17) is 4.52 Å². The van der Waals surface area contributed by atoms with Gasteiger partial charge < -0.3 is 14.7 Å². The van der Waals surface area contributed by atoms with Gasteiger partial charge in [0, 0.05) is 37.0 Å². The average Bonchev–Trinajstić information content (AvgIpc) is 3.36. The van der Waals surface area contributed by atoms with Gasteiger partial charge in [0.05, 0.1) is 0 Å². The van der Waals surface area contributed by atoms with E-state index in [1.54, 1.807) is 13.0 Å². The number of nitrogens with one attached hydrogen (secondary N) is 2. The highest BCUT2D eigenvalue weighted by molar-refractivity contribution is 5.94. The lowest BCUT2D eigenvalue weighted by Crippen LogP contribution is -2.44. The molecule has 1 aliphatic carbocycles. The molecule has 2 aromatic rings. The van der Waals surface area contributed by atoms with Crippen LogP contribution in [0, 0.1) is 12.8 Å². The third-order valence-corrected chi connectivity index (χ3v) is 5.23. The van der Waals surface area contributed by atoms with Crippen molar-refractivity contribution in [1.82, 2.24) is 25.6 Å². The minimum atomic E-state index is -0.240. The second-order valence-corrected chi connectivity index (χ2v) is 7.18. The lowest BCUT2D eigenvalue weighted by atomic mass is 9.97. The summed E-state index contributed by atoms with van der Waals surface area (Å²) >= 11 is 0. The van der Waals surface area contributed by atoms with Crippen LogP contribution in [0.25, 0.3) is 0 Å². The molecule has 2 amide bonds. The first-order chi connectivity index (χ1) is 12.6. The Morgan fingerprint density at radius 3 is 3.08 bits per heavy atom. The van der Waals surface area contributed by atoms with E-state index in [1.165, 1.54) is 0 Å². The van der Waals surface area contributed by atoms with Crippen molar-refractivity contribution in [1.29, 1.82) is 0 Å². The summed E-state index contributed by atoms with van der Waals surface area (Å²) in [6, 6.07) is 1.62. The summed E-state index contributed by atoms with van der Waals surface area (Å²) in [6.45, 7) is 3.65. The van der Waals surface area contributed by atoms with Gasteiger partial charge in [-0.25, -0.2) is 0 Å². The number of aryl methyl sites for hydroxylation is 2. The zero-order valence-corrected chi connectivity index (χ0v) is 14.9. The van der Waals surface area contributed by atoms with Crippen molar-refractivity contribution in [2.75, 3.05) is 19.6 Å². The largest absolute Gasteiger partial charge is 0.361 e. The molecule has 138 valence electrons. The predicted octanol–water partition coefficient (Wildman–Crippen LogP) is 1.48. The molecule has 0 saturated carbocycles. The van der Waals surface area contributed by atoms with Crippen molar-refractivity contribution in [3.8, 4) is 0 Å². The summed E-state index contributed by atoms with van der Waals surface area (Å²) in [4.78, 5) is 26.8. The maximum atomic E-state index is 12.9. The molecule has 1 fully saturated rings. The Morgan fingerprint density at radius 2 is 2.27 bits per heavy atom. The third kappa shape index (κ3) is 3.23. The number of rotatable bonds is 4. The minimum absolute atomic E-state index is 0.00699. The van der Waals surface area contributed by atoms with Crippen molar-refractivity contribution in [2.45, 2.75) is 39.0 Å². The van der Waals surface area contributed by atoms with E-state index >= 15 is 0 Å². The van der Waals surface area contributed by atoms with Gasteiger partial charge in [0.2, 0.25) is 0 Å². The van der Waals surface area contributed by atoms with E-state index in [-0.39, 0.29) is 17.7 Å². The molecule has 1 saturated heterocycles. The Bertz CT molecular complexity index is 825. The number of aromatic amines is 1. The molecule has 0 spiro atoms. The monoisotopic (exact) mass is 357 g/mol. The van der Waals surface area contributed by atoms with Gasteiger partial charge in [-0.1, -0.05) is 5.16 Å². The topological polar surface area (TPSA) is 104 Å². The van der Waals surface area contributed by atoms with Crippen LogP contribution in [0.15, 0.2) is 10.6 Å². The maximum absolute atomic E-state index is 12.9. The third-order valence-electron chi connectivity index (χ3n) is 5.23. The quantitative estimate of drug-likeness (QED) is 0.862. The van der Waals surface area contributed by atoms with Crippen LogP contribution in [0.2, 0.25) is 0 Å². The molecule has 2 N–H and O–H groups in total. The number of carbonyl (C=O) groups is 2. The first-order valence-corrected chi connectivity index (χ1v) is 9.18. The maximum Gasteiger partial charge on any atom is 0.274 e. The van der Waals surface area contributed by atoms with Crippen molar-refractivity contribution >= 4 is 11.8 Å². The van der Waals surface area contributed by atoms with E-state index in [0.717, 1.165) is 49.9 Å². The van der Waals surface area contributed by atoms with Crippen LogP contribution >= 0.6 is 0 Å². The first-order valence-electron chi connectivity index (χ1n) is 9.18. The second-order valence-electron chi connectivity index (χ2n) is 7.18. The molecular formula is C18H23N5O3. The number of H-pyrrole nitrogens is 1. The van der Waals surface area contributed by atoms with Crippen LogP contribution in [-0.4, -0.2) is 51.7 Å².